The average Bonchev–Trinajstić information content (AvgIpc) is 2.92. The summed E-state index contributed by atoms with van der Waals surface area (Å²) in [5, 5.41) is 6.29. The molecule has 0 aromatic heterocycles. The van der Waals surface area contributed by atoms with Crippen molar-refractivity contribution in [1.82, 2.24) is 15.5 Å². The van der Waals surface area contributed by atoms with E-state index >= 15 is 0 Å². The van der Waals surface area contributed by atoms with Gasteiger partial charge in [0.15, 0.2) is 0 Å². The van der Waals surface area contributed by atoms with E-state index in [2.05, 4.69) is 34.9 Å². The number of thioether (sulfide) groups is 1. The van der Waals surface area contributed by atoms with Gasteiger partial charge in [-0.2, -0.15) is 0 Å². The lowest BCUT2D eigenvalue weighted by molar-refractivity contribution is -0.121. The number of carbonyl (C=O) groups excluding carboxylic acids is 3. The summed E-state index contributed by atoms with van der Waals surface area (Å²) in [6, 6.07) is 14.8. The Morgan fingerprint density at radius 1 is 1.08 bits per heavy atom. The van der Waals surface area contributed by atoms with E-state index in [0.717, 1.165) is 35.3 Å². The van der Waals surface area contributed by atoms with Gasteiger partial charge in [-0.15, -0.1) is 11.8 Å². The van der Waals surface area contributed by atoms with E-state index in [4.69, 9.17) is 0 Å². The van der Waals surface area contributed by atoms with Gasteiger partial charge in [0.1, 0.15) is 12.6 Å². The molecule has 1 saturated carbocycles. The maximum Gasteiger partial charge on any atom is 0.219 e. The summed E-state index contributed by atoms with van der Waals surface area (Å²) in [5.74, 6) is 0.707. The number of likely N-dealkylation sites (N-methyl/N-ethyl adjacent to an activating group) is 1. The highest BCUT2D eigenvalue weighted by atomic mass is 32.2. The van der Waals surface area contributed by atoms with Crippen LogP contribution in [0.25, 0.3) is 0 Å². The van der Waals surface area contributed by atoms with E-state index in [1.54, 1.807) is 18.8 Å². The zero-order valence-corrected chi connectivity index (χ0v) is 22.3. The molecule has 2 N–H and O–H groups in total. The van der Waals surface area contributed by atoms with E-state index in [1.807, 2.05) is 30.1 Å². The second-order valence-corrected chi connectivity index (χ2v) is 10.6. The third-order valence-corrected chi connectivity index (χ3v) is 8.16. The summed E-state index contributed by atoms with van der Waals surface area (Å²) in [5.41, 5.74) is 4.08. The Kier molecular flexibility index (Phi) is 11.7. The summed E-state index contributed by atoms with van der Waals surface area (Å²) >= 11 is 1.70. The third-order valence-electron chi connectivity index (χ3n) is 6.99. The first-order valence-electron chi connectivity index (χ1n) is 12.9. The summed E-state index contributed by atoms with van der Waals surface area (Å²) in [4.78, 5) is 38.0. The first kappa shape index (κ1) is 28.1. The van der Waals surface area contributed by atoms with Crippen LogP contribution >= 0.6 is 11.8 Å². The van der Waals surface area contributed by atoms with Gasteiger partial charge >= 0.3 is 0 Å². The van der Waals surface area contributed by atoms with Crippen molar-refractivity contribution in [2.24, 2.45) is 0 Å². The van der Waals surface area contributed by atoms with Gasteiger partial charge in [-0.05, 0) is 49.1 Å². The van der Waals surface area contributed by atoms with Crippen molar-refractivity contribution < 1.29 is 14.4 Å². The fourth-order valence-corrected chi connectivity index (χ4v) is 5.69. The number of benzene rings is 2. The molecule has 0 bridgehead atoms. The summed E-state index contributed by atoms with van der Waals surface area (Å²) in [7, 11) is 3.45. The molecule has 194 valence electrons. The van der Waals surface area contributed by atoms with Gasteiger partial charge in [0.2, 0.25) is 5.91 Å². The van der Waals surface area contributed by atoms with E-state index in [-0.39, 0.29) is 12.3 Å². The predicted molar refractivity (Wildman–Crippen MR) is 146 cm³/mol. The van der Waals surface area contributed by atoms with E-state index in [9.17, 15) is 14.4 Å². The van der Waals surface area contributed by atoms with Crippen LogP contribution in [0.5, 0.6) is 0 Å². The zero-order chi connectivity index (χ0) is 25.8. The Bertz CT molecular complexity index is 990. The largest absolute Gasteiger partial charge is 0.359 e. The quantitative estimate of drug-likeness (QED) is 0.283. The molecule has 1 atom stereocenters. The van der Waals surface area contributed by atoms with Crippen molar-refractivity contribution in [2.45, 2.75) is 80.8 Å². The molecule has 3 rings (SSSR count). The van der Waals surface area contributed by atoms with Gasteiger partial charge in [0.25, 0.3) is 0 Å². The minimum absolute atomic E-state index is 0.0874. The maximum atomic E-state index is 11.8. The molecule has 0 spiro atoms. The molecule has 1 aliphatic carbocycles. The number of hydrogen-bond acceptors (Lipinski definition) is 6. The van der Waals surface area contributed by atoms with Crippen molar-refractivity contribution in [1.29, 1.82) is 0 Å². The standard InChI is InChI=1S/C29H39N3O3S/c1-30-29(35)16-15-26(20-34)32(2)18-27-24(19-33)7-6-10-28(27)36-21-23-13-11-22(12-14-23)17-31-25-8-4-3-5-9-25/h6-7,10-14,19-20,25-26,31H,3-5,8-9,15-18,21H2,1-2H3,(H,30,35). The molecular weight excluding hydrogens is 470 g/mol. The minimum Gasteiger partial charge on any atom is -0.359 e. The number of aldehydes is 2. The molecule has 2 aromatic rings. The molecule has 36 heavy (non-hydrogen) atoms. The lowest BCUT2D eigenvalue weighted by Crippen LogP contribution is -2.34. The fourth-order valence-electron chi connectivity index (χ4n) is 4.64. The van der Waals surface area contributed by atoms with Crippen LogP contribution < -0.4 is 10.6 Å². The number of nitrogens with zero attached hydrogens (tertiary/aromatic N) is 1. The smallest absolute Gasteiger partial charge is 0.219 e. The Hall–Kier alpha value is -2.48. The van der Waals surface area contributed by atoms with Gasteiger partial charge in [0, 0.05) is 48.8 Å². The van der Waals surface area contributed by atoms with Crippen molar-refractivity contribution in [3.8, 4) is 0 Å². The third kappa shape index (κ3) is 8.57. The molecule has 2 aromatic carbocycles. The van der Waals surface area contributed by atoms with Crippen LogP contribution in [0.15, 0.2) is 47.4 Å². The first-order valence-corrected chi connectivity index (χ1v) is 13.9. The number of rotatable bonds is 14. The molecule has 6 nitrogen and oxygen atoms in total. The van der Waals surface area contributed by atoms with Gasteiger partial charge < -0.3 is 15.4 Å². The number of carbonyl (C=O) groups is 3. The minimum atomic E-state index is -0.394. The molecule has 1 amide bonds. The fraction of sp³-hybridized carbons (Fsp3) is 0.483. The molecule has 0 heterocycles. The maximum absolute atomic E-state index is 11.8. The number of nitrogens with one attached hydrogen (secondary N) is 2. The van der Waals surface area contributed by atoms with Crippen LogP contribution in [0.2, 0.25) is 0 Å². The Balaban J connectivity index is 1.60. The lowest BCUT2D eigenvalue weighted by atomic mass is 9.95. The molecule has 0 aliphatic heterocycles. The Morgan fingerprint density at radius 2 is 1.81 bits per heavy atom. The van der Waals surface area contributed by atoms with Gasteiger partial charge in [0.05, 0.1) is 6.04 Å². The second kappa shape index (κ2) is 14.9. The average molecular weight is 510 g/mol. The first-order chi connectivity index (χ1) is 17.5. The van der Waals surface area contributed by atoms with Gasteiger partial charge in [-0.25, -0.2) is 0 Å². The van der Waals surface area contributed by atoms with Crippen molar-refractivity contribution in [2.75, 3.05) is 14.1 Å². The normalized spacial score (nSPS) is 15.0. The van der Waals surface area contributed by atoms with Crippen LogP contribution in [-0.4, -0.2) is 49.6 Å². The molecule has 0 radical (unpaired) electrons. The highest BCUT2D eigenvalue weighted by molar-refractivity contribution is 7.98. The van der Waals surface area contributed by atoms with Crippen molar-refractivity contribution >= 4 is 30.2 Å². The van der Waals surface area contributed by atoms with Crippen LogP contribution in [0.1, 0.15) is 72.0 Å². The molecule has 0 saturated heterocycles. The van der Waals surface area contributed by atoms with E-state index in [0.29, 0.717) is 24.6 Å². The lowest BCUT2D eigenvalue weighted by Gasteiger charge is -2.25. The number of hydrogen-bond donors (Lipinski definition) is 2. The summed E-state index contributed by atoms with van der Waals surface area (Å²) < 4.78 is 0. The number of amides is 1. The van der Waals surface area contributed by atoms with E-state index in [1.165, 1.54) is 43.2 Å². The SMILES string of the molecule is CNC(=O)CCC(C=O)N(C)Cc1c(C=O)cccc1SCc1ccc(CNC2CCCCC2)cc1. The highest BCUT2D eigenvalue weighted by Gasteiger charge is 2.19. The highest BCUT2D eigenvalue weighted by Crippen LogP contribution is 2.30. The topological polar surface area (TPSA) is 78.5 Å². The molecule has 7 heteroatoms. The van der Waals surface area contributed by atoms with Crippen molar-refractivity contribution in [3.63, 3.8) is 0 Å². The van der Waals surface area contributed by atoms with E-state index < -0.39 is 6.04 Å². The Morgan fingerprint density at radius 3 is 2.47 bits per heavy atom. The Labute approximate surface area is 219 Å². The zero-order valence-electron chi connectivity index (χ0n) is 21.5. The van der Waals surface area contributed by atoms with Crippen LogP contribution in [0.4, 0.5) is 0 Å². The van der Waals surface area contributed by atoms with Gasteiger partial charge in [-0.1, -0.05) is 55.7 Å². The second-order valence-electron chi connectivity index (χ2n) is 9.59. The van der Waals surface area contributed by atoms with Crippen molar-refractivity contribution in [3.05, 3.63) is 64.7 Å². The monoisotopic (exact) mass is 509 g/mol. The molecule has 1 aliphatic rings. The van der Waals surface area contributed by atoms with Gasteiger partial charge in [-0.3, -0.25) is 14.5 Å². The van der Waals surface area contributed by atoms with Crippen LogP contribution in [-0.2, 0) is 28.4 Å². The van der Waals surface area contributed by atoms with Crippen LogP contribution in [0.3, 0.4) is 0 Å². The summed E-state index contributed by atoms with van der Waals surface area (Å²) in [6.07, 6.45) is 9.09. The predicted octanol–water partition coefficient (Wildman–Crippen LogP) is 4.74. The molecule has 1 fully saturated rings. The van der Waals surface area contributed by atoms with Crippen LogP contribution in [0, 0.1) is 0 Å². The molecule has 1 unspecified atom stereocenters. The molecular formula is C29H39N3O3S. The summed E-state index contributed by atoms with van der Waals surface area (Å²) in [6.45, 7) is 1.37.